The van der Waals surface area contributed by atoms with E-state index in [1.807, 2.05) is 6.92 Å². The van der Waals surface area contributed by atoms with Crippen molar-refractivity contribution in [2.75, 3.05) is 11.6 Å². The highest BCUT2D eigenvalue weighted by atomic mass is 32.2. The Morgan fingerprint density at radius 3 is 2.42 bits per heavy atom. The molecule has 1 aliphatic rings. The molecule has 26 heavy (non-hydrogen) atoms. The summed E-state index contributed by atoms with van der Waals surface area (Å²) in [6.45, 7) is 1.94. The third-order valence-electron chi connectivity index (χ3n) is 4.84. The Kier molecular flexibility index (Phi) is 5.00. The molecule has 0 amide bonds. The molecule has 0 aromatic heterocycles. The fourth-order valence-electron chi connectivity index (χ4n) is 3.35. The van der Waals surface area contributed by atoms with Crippen LogP contribution in [0.15, 0.2) is 41.3 Å². The first kappa shape index (κ1) is 18.4. The molecule has 0 aliphatic heterocycles. The second-order valence-electron chi connectivity index (χ2n) is 6.81. The van der Waals surface area contributed by atoms with Crippen molar-refractivity contribution in [3.63, 3.8) is 0 Å². The Bertz CT molecular complexity index is 954. The summed E-state index contributed by atoms with van der Waals surface area (Å²) >= 11 is 0. The van der Waals surface area contributed by atoms with Gasteiger partial charge in [-0.05, 0) is 61.4 Å². The molecule has 1 aliphatic carbocycles. The van der Waals surface area contributed by atoms with Gasteiger partial charge in [-0.2, -0.15) is 0 Å². The van der Waals surface area contributed by atoms with E-state index in [4.69, 9.17) is 0 Å². The predicted octanol–water partition coefficient (Wildman–Crippen LogP) is 4.05. The molecule has 0 radical (unpaired) electrons. The monoisotopic (exact) mass is 374 g/mol. The van der Waals surface area contributed by atoms with Crippen LogP contribution in [0, 0.1) is 10.1 Å². The fraction of sp³-hybridized carbons (Fsp3) is 0.368. The number of hydrogen-bond acceptors (Lipinski definition) is 5. The van der Waals surface area contributed by atoms with E-state index in [2.05, 4.69) is 23.5 Å². The number of nitrogens with zero attached hydrogens (tertiary/aromatic N) is 1. The Balaban J connectivity index is 1.89. The smallest absolute Gasteiger partial charge is 0.293 e. The Morgan fingerprint density at radius 2 is 1.77 bits per heavy atom. The number of nitrogens with one attached hydrogen (secondary N) is 1. The van der Waals surface area contributed by atoms with Gasteiger partial charge in [0.15, 0.2) is 9.84 Å². The van der Waals surface area contributed by atoms with Crippen LogP contribution in [-0.4, -0.2) is 19.6 Å². The van der Waals surface area contributed by atoms with Crippen LogP contribution in [0.1, 0.15) is 42.5 Å². The Labute approximate surface area is 153 Å². The Hall–Kier alpha value is -2.41. The van der Waals surface area contributed by atoms with Gasteiger partial charge in [-0.1, -0.05) is 18.2 Å². The number of aryl methyl sites for hydroxylation is 2. The van der Waals surface area contributed by atoms with E-state index in [0.29, 0.717) is 5.69 Å². The average molecular weight is 374 g/mol. The van der Waals surface area contributed by atoms with E-state index >= 15 is 0 Å². The van der Waals surface area contributed by atoms with Gasteiger partial charge in [0.25, 0.3) is 5.69 Å². The molecule has 1 N–H and O–H groups in total. The zero-order valence-electron chi connectivity index (χ0n) is 14.9. The van der Waals surface area contributed by atoms with Crippen LogP contribution in [0.2, 0.25) is 0 Å². The van der Waals surface area contributed by atoms with Crippen molar-refractivity contribution in [1.29, 1.82) is 0 Å². The largest absolute Gasteiger partial charge is 0.373 e. The van der Waals surface area contributed by atoms with Crippen molar-refractivity contribution in [2.45, 2.75) is 43.5 Å². The molecular formula is C19H22N2O4S. The molecule has 0 saturated carbocycles. The van der Waals surface area contributed by atoms with E-state index in [1.165, 1.54) is 36.1 Å². The molecule has 1 unspecified atom stereocenters. The first-order valence-electron chi connectivity index (χ1n) is 8.62. The van der Waals surface area contributed by atoms with Crippen molar-refractivity contribution < 1.29 is 13.3 Å². The topological polar surface area (TPSA) is 89.3 Å². The molecule has 0 fully saturated rings. The van der Waals surface area contributed by atoms with Crippen LogP contribution >= 0.6 is 0 Å². The minimum Gasteiger partial charge on any atom is -0.373 e. The van der Waals surface area contributed by atoms with Crippen LogP contribution in [0.5, 0.6) is 0 Å². The second-order valence-corrected chi connectivity index (χ2v) is 8.83. The van der Waals surface area contributed by atoms with E-state index in [1.54, 1.807) is 0 Å². The highest BCUT2D eigenvalue weighted by molar-refractivity contribution is 7.90. The molecule has 0 saturated heterocycles. The first-order chi connectivity index (χ1) is 12.3. The van der Waals surface area contributed by atoms with Gasteiger partial charge in [0.2, 0.25) is 0 Å². The molecule has 7 heteroatoms. The van der Waals surface area contributed by atoms with Crippen molar-refractivity contribution in [3.8, 4) is 0 Å². The zero-order valence-corrected chi connectivity index (χ0v) is 15.7. The molecule has 0 bridgehead atoms. The van der Waals surface area contributed by atoms with Gasteiger partial charge in [-0.25, -0.2) is 8.42 Å². The third-order valence-corrected chi connectivity index (χ3v) is 5.95. The molecule has 0 heterocycles. The van der Waals surface area contributed by atoms with Crippen molar-refractivity contribution in [2.24, 2.45) is 0 Å². The number of sulfone groups is 1. The van der Waals surface area contributed by atoms with Gasteiger partial charge < -0.3 is 5.32 Å². The highest BCUT2D eigenvalue weighted by Crippen LogP contribution is 2.32. The maximum Gasteiger partial charge on any atom is 0.293 e. The molecule has 2 aromatic rings. The predicted molar refractivity (Wildman–Crippen MR) is 101 cm³/mol. The SMILES string of the molecule is CC(Nc1ccc(S(C)(=O)=O)cc1[N+](=O)[O-])c1ccc2c(c1)CCCC2. The van der Waals surface area contributed by atoms with Crippen LogP contribution in [0.25, 0.3) is 0 Å². The summed E-state index contributed by atoms with van der Waals surface area (Å²) in [5.74, 6) is 0. The van der Waals surface area contributed by atoms with Crippen LogP contribution < -0.4 is 5.32 Å². The van der Waals surface area contributed by atoms with E-state index < -0.39 is 14.8 Å². The summed E-state index contributed by atoms with van der Waals surface area (Å²) in [7, 11) is -3.50. The van der Waals surface area contributed by atoms with Gasteiger partial charge in [-0.15, -0.1) is 0 Å². The summed E-state index contributed by atoms with van der Waals surface area (Å²) in [5, 5.41) is 14.5. The summed E-state index contributed by atoms with van der Waals surface area (Å²) in [6.07, 6.45) is 5.62. The van der Waals surface area contributed by atoms with Crippen LogP contribution in [0.4, 0.5) is 11.4 Å². The van der Waals surface area contributed by atoms with Crippen molar-refractivity contribution in [1.82, 2.24) is 0 Å². The number of hydrogen-bond donors (Lipinski definition) is 1. The van der Waals surface area contributed by atoms with E-state index in [-0.39, 0.29) is 16.6 Å². The zero-order chi connectivity index (χ0) is 18.9. The number of nitro groups is 1. The first-order valence-corrected chi connectivity index (χ1v) is 10.5. The molecule has 0 spiro atoms. The highest BCUT2D eigenvalue weighted by Gasteiger charge is 2.20. The number of fused-ring (bicyclic) bond motifs is 1. The lowest BCUT2D eigenvalue weighted by molar-refractivity contribution is -0.384. The van der Waals surface area contributed by atoms with Gasteiger partial charge in [0, 0.05) is 18.4 Å². The lowest BCUT2D eigenvalue weighted by Crippen LogP contribution is -2.11. The lowest BCUT2D eigenvalue weighted by atomic mass is 9.89. The molecular weight excluding hydrogens is 352 g/mol. The maximum atomic E-state index is 11.7. The third kappa shape index (κ3) is 3.88. The normalized spacial score (nSPS) is 15.2. The average Bonchev–Trinajstić information content (AvgIpc) is 2.60. The number of anilines is 1. The summed E-state index contributed by atoms with van der Waals surface area (Å²) < 4.78 is 23.3. The van der Waals surface area contributed by atoms with Gasteiger partial charge in [0.1, 0.15) is 5.69 Å². The van der Waals surface area contributed by atoms with Gasteiger partial charge in [-0.3, -0.25) is 10.1 Å². The van der Waals surface area contributed by atoms with Crippen molar-refractivity contribution >= 4 is 21.2 Å². The molecule has 6 nitrogen and oxygen atoms in total. The van der Waals surface area contributed by atoms with Gasteiger partial charge in [0.05, 0.1) is 9.82 Å². The second kappa shape index (κ2) is 7.07. The van der Waals surface area contributed by atoms with E-state index in [9.17, 15) is 18.5 Å². The minimum absolute atomic E-state index is 0.0591. The molecule has 3 rings (SSSR count). The van der Waals surface area contributed by atoms with Gasteiger partial charge >= 0.3 is 0 Å². The number of nitro benzene ring substituents is 1. The summed E-state index contributed by atoms with van der Waals surface area (Å²) in [4.78, 5) is 10.8. The maximum absolute atomic E-state index is 11.7. The summed E-state index contributed by atoms with van der Waals surface area (Å²) in [5.41, 5.74) is 3.87. The standard InChI is InChI=1S/C19H22N2O4S/c1-13(15-8-7-14-5-3-4-6-16(14)11-15)20-18-10-9-17(26(2,24)25)12-19(18)21(22)23/h7-13,20H,3-6H2,1-2H3. The quantitative estimate of drug-likeness (QED) is 0.630. The molecule has 138 valence electrons. The Morgan fingerprint density at radius 1 is 1.08 bits per heavy atom. The lowest BCUT2D eigenvalue weighted by Gasteiger charge is -2.20. The van der Waals surface area contributed by atoms with E-state index in [0.717, 1.165) is 30.7 Å². The minimum atomic E-state index is -3.50. The molecule has 2 aromatic carbocycles. The fourth-order valence-corrected chi connectivity index (χ4v) is 4.00. The summed E-state index contributed by atoms with van der Waals surface area (Å²) in [6, 6.07) is 10.2. The van der Waals surface area contributed by atoms with Crippen molar-refractivity contribution in [3.05, 3.63) is 63.2 Å². The number of rotatable bonds is 5. The number of benzene rings is 2. The van der Waals surface area contributed by atoms with Crippen LogP contribution in [-0.2, 0) is 22.7 Å². The van der Waals surface area contributed by atoms with Crippen LogP contribution in [0.3, 0.4) is 0 Å². The molecule has 1 atom stereocenters.